The van der Waals surface area contributed by atoms with Crippen LogP contribution in [0.25, 0.3) is 10.9 Å². The lowest BCUT2D eigenvalue weighted by molar-refractivity contribution is 0.627. The third kappa shape index (κ3) is 2.83. The molecule has 3 rings (SSSR count). The van der Waals surface area contributed by atoms with Crippen molar-refractivity contribution in [1.82, 2.24) is 4.98 Å². The molecule has 1 N–H and O–H groups in total. The maximum atomic E-state index is 13.1. The van der Waals surface area contributed by atoms with Crippen molar-refractivity contribution in [2.45, 2.75) is 13.5 Å². The lowest BCUT2D eigenvalue weighted by Gasteiger charge is -2.12. The normalized spacial score (nSPS) is 10.8. The van der Waals surface area contributed by atoms with E-state index in [1.807, 2.05) is 31.2 Å². The summed E-state index contributed by atoms with van der Waals surface area (Å²) in [5, 5.41) is 4.84. The average molecular weight is 301 g/mol. The summed E-state index contributed by atoms with van der Waals surface area (Å²) in [7, 11) is 0. The molecule has 0 bridgehead atoms. The van der Waals surface area contributed by atoms with Crippen LogP contribution in [-0.4, -0.2) is 4.98 Å². The molecule has 1 aromatic heterocycles. The van der Waals surface area contributed by atoms with E-state index in [9.17, 15) is 4.39 Å². The zero-order valence-electron chi connectivity index (χ0n) is 11.5. The Morgan fingerprint density at radius 2 is 2.05 bits per heavy atom. The number of halogens is 2. The highest BCUT2D eigenvalue weighted by atomic mass is 35.5. The van der Waals surface area contributed by atoms with Crippen molar-refractivity contribution < 1.29 is 4.39 Å². The molecule has 1 heterocycles. The number of aryl methyl sites for hydroxylation is 1. The second kappa shape index (κ2) is 5.70. The van der Waals surface area contributed by atoms with E-state index >= 15 is 0 Å². The summed E-state index contributed by atoms with van der Waals surface area (Å²) in [5.41, 5.74) is 3.96. The lowest BCUT2D eigenvalue weighted by Crippen LogP contribution is -2.01. The molecule has 0 saturated carbocycles. The van der Waals surface area contributed by atoms with Crippen molar-refractivity contribution in [1.29, 1.82) is 0 Å². The molecule has 0 amide bonds. The number of anilines is 1. The fraction of sp³-hybridized carbons (Fsp3) is 0.118. The van der Waals surface area contributed by atoms with Crippen LogP contribution in [0.2, 0.25) is 5.02 Å². The minimum Gasteiger partial charge on any atom is -0.380 e. The number of hydrogen-bond donors (Lipinski definition) is 1. The first kappa shape index (κ1) is 13.8. The first-order chi connectivity index (χ1) is 10.1. The van der Waals surface area contributed by atoms with Gasteiger partial charge in [0.15, 0.2) is 0 Å². The molecule has 2 nitrogen and oxygen atoms in total. The standard InChI is InChI=1S/C17H14ClFN2/c1-11-4-7-16(14-3-2-8-20-17(11)14)21-10-12-5-6-13(19)9-15(12)18/h2-9,21H,10H2,1H3. The van der Waals surface area contributed by atoms with Crippen LogP contribution in [0, 0.1) is 12.7 Å². The van der Waals surface area contributed by atoms with Crippen LogP contribution in [0.3, 0.4) is 0 Å². The highest BCUT2D eigenvalue weighted by molar-refractivity contribution is 6.31. The summed E-state index contributed by atoms with van der Waals surface area (Å²) in [5.74, 6) is -0.325. The quantitative estimate of drug-likeness (QED) is 0.740. The number of fused-ring (bicyclic) bond motifs is 1. The fourth-order valence-electron chi connectivity index (χ4n) is 2.32. The Balaban J connectivity index is 1.90. The van der Waals surface area contributed by atoms with Crippen LogP contribution in [0.4, 0.5) is 10.1 Å². The van der Waals surface area contributed by atoms with Crippen molar-refractivity contribution in [3.8, 4) is 0 Å². The third-order valence-corrected chi connectivity index (χ3v) is 3.81. The number of pyridine rings is 1. The predicted molar refractivity (Wildman–Crippen MR) is 85.2 cm³/mol. The molecule has 106 valence electrons. The third-order valence-electron chi connectivity index (χ3n) is 3.46. The lowest BCUT2D eigenvalue weighted by atomic mass is 10.1. The van der Waals surface area contributed by atoms with E-state index in [4.69, 9.17) is 11.6 Å². The molecule has 2 aromatic carbocycles. The zero-order chi connectivity index (χ0) is 14.8. The molecule has 0 radical (unpaired) electrons. The molecule has 0 aliphatic carbocycles. The summed E-state index contributed by atoms with van der Waals surface area (Å²) in [4.78, 5) is 4.41. The molecule has 21 heavy (non-hydrogen) atoms. The summed E-state index contributed by atoms with van der Waals surface area (Å²) in [6, 6.07) is 12.4. The number of nitrogens with zero attached hydrogens (tertiary/aromatic N) is 1. The first-order valence-electron chi connectivity index (χ1n) is 6.67. The van der Waals surface area contributed by atoms with Crippen LogP contribution in [-0.2, 0) is 6.54 Å². The Labute approximate surface area is 127 Å². The van der Waals surface area contributed by atoms with Gasteiger partial charge in [-0.15, -0.1) is 0 Å². The van der Waals surface area contributed by atoms with Gasteiger partial charge in [-0.25, -0.2) is 4.39 Å². The molecule has 0 saturated heterocycles. The summed E-state index contributed by atoms with van der Waals surface area (Å²) in [6.45, 7) is 2.57. The van der Waals surface area contributed by atoms with E-state index in [2.05, 4.69) is 10.3 Å². The molecular weight excluding hydrogens is 287 g/mol. The van der Waals surface area contributed by atoms with Crippen molar-refractivity contribution >= 4 is 28.2 Å². The molecule has 0 unspecified atom stereocenters. The number of hydrogen-bond acceptors (Lipinski definition) is 2. The van der Waals surface area contributed by atoms with Gasteiger partial charge < -0.3 is 5.32 Å². The van der Waals surface area contributed by atoms with Gasteiger partial charge in [-0.3, -0.25) is 4.98 Å². The number of nitrogens with one attached hydrogen (secondary N) is 1. The van der Waals surface area contributed by atoms with Crippen molar-refractivity contribution in [2.75, 3.05) is 5.32 Å². The van der Waals surface area contributed by atoms with Crippen molar-refractivity contribution in [3.05, 3.63) is 70.6 Å². The second-order valence-corrected chi connectivity index (χ2v) is 5.33. The first-order valence-corrected chi connectivity index (χ1v) is 7.05. The number of benzene rings is 2. The van der Waals surface area contributed by atoms with E-state index in [1.54, 1.807) is 12.3 Å². The van der Waals surface area contributed by atoms with Gasteiger partial charge in [0.2, 0.25) is 0 Å². The number of aromatic nitrogens is 1. The maximum absolute atomic E-state index is 13.1. The summed E-state index contributed by atoms with van der Waals surface area (Å²) >= 11 is 6.05. The van der Waals surface area contributed by atoms with Gasteiger partial charge in [0, 0.05) is 28.8 Å². The highest BCUT2D eigenvalue weighted by Gasteiger charge is 2.06. The summed E-state index contributed by atoms with van der Waals surface area (Å²) in [6.07, 6.45) is 1.79. The zero-order valence-corrected chi connectivity index (χ0v) is 12.3. The maximum Gasteiger partial charge on any atom is 0.124 e. The topological polar surface area (TPSA) is 24.9 Å². The molecule has 0 spiro atoms. The predicted octanol–water partition coefficient (Wildman–Crippen LogP) is 4.95. The van der Waals surface area contributed by atoms with Crippen LogP contribution >= 0.6 is 11.6 Å². The molecule has 4 heteroatoms. The Morgan fingerprint density at radius 1 is 1.19 bits per heavy atom. The van der Waals surface area contributed by atoms with Gasteiger partial charge in [0.05, 0.1) is 5.52 Å². The SMILES string of the molecule is Cc1ccc(NCc2ccc(F)cc2Cl)c2cccnc12. The average Bonchev–Trinajstić information content (AvgIpc) is 2.48. The molecule has 0 aliphatic rings. The van der Waals surface area contributed by atoms with E-state index in [-0.39, 0.29) is 5.82 Å². The van der Waals surface area contributed by atoms with Crippen LogP contribution in [0.15, 0.2) is 48.7 Å². The monoisotopic (exact) mass is 300 g/mol. The van der Waals surface area contributed by atoms with Gasteiger partial charge in [-0.05, 0) is 48.4 Å². The van der Waals surface area contributed by atoms with Crippen molar-refractivity contribution in [3.63, 3.8) is 0 Å². The Bertz CT molecular complexity index is 802. The minimum atomic E-state index is -0.325. The highest BCUT2D eigenvalue weighted by Crippen LogP contribution is 2.26. The van der Waals surface area contributed by atoms with Crippen LogP contribution in [0.5, 0.6) is 0 Å². The Kier molecular flexibility index (Phi) is 3.76. The van der Waals surface area contributed by atoms with Gasteiger partial charge in [-0.2, -0.15) is 0 Å². The van der Waals surface area contributed by atoms with Crippen molar-refractivity contribution in [2.24, 2.45) is 0 Å². The summed E-state index contributed by atoms with van der Waals surface area (Å²) < 4.78 is 13.1. The molecule has 0 atom stereocenters. The second-order valence-electron chi connectivity index (χ2n) is 4.92. The molecular formula is C17H14ClFN2. The van der Waals surface area contributed by atoms with Gasteiger partial charge in [0.1, 0.15) is 5.82 Å². The molecule has 0 aliphatic heterocycles. The van der Waals surface area contributed by atoms with Gasteiger partial charge in [0.25, 0.3) is 0 Å². The van der Waals surface area contributed by atoms with Crippen LogP contribution < -0.4 is 5.32 Å². The smallest absolute Gasteiger partial charge is 0.124 e. The van der Waals surface area contributed by atoms with E-state index in [0.29, 0.717) is 11.6 Å². The van der Waals surface area contributed by atoms with Gasteiger partial charge in [-0.1, -0.05) is 23.7 Å². The van der Waals surface area contributed by atoms with E-state index in [0.717, 1.165) is 27.7 Å². The van der Waals surface area contributed by atoms with Gasteiger partial charge >= 0.3 is 0 Å². The van der Waals surface area contributed by atoms with E-state index < -0.39 is 0 Å². The molecule has 3 aromatic rings. The van der Waals surface area contributed by atoms with Crippen LogP contribution in [0.1, 0.15) is 11.1 Å². The van der Waals surface area contributed by atoms with E-state index in [1.165, 1.54) is 12.1 Å². The largest absolute Gasteiger partial charge is 0.380 e. The minimum absolute atomic E-state index is 0.325. The number of rotatable bonds is 3. The fourth-order valence-corrected chi connectivity index (χ4v) is 2.56. The Morgan fingerprint density at radius 3 is 2.86 bits per heavy atom. The molecule has 0 fully saturated rings. The Hall–Kier alpha value is -2.13.